The number of benzene rings is 2. The van der Waals surface area contributed by atoms with Crippen LogP contribution in [0.4, 0.5) is 0 Å². The van der Waals surface area contributed by atoms with Crippen LogP contribution in [-0.2, 0) is 21.2 Å². The number of nitrogens with one attached hydrogen (secondary N) is 1. The van der Waals surface area contributed by atoms with Crippen LogP contribution in [0.1, 0.15) is 43.9 Å². The van der Waals surface area contributed by atoms with Crippen molar-refractivity contribution in [2.75, 3.05) is 19.7 Å². The number of carbonyl (C=O) groups excluding carboxylic acids is 1. The van der Waals surface area contributed by atoms with Gasteiger partial charge in [-0.25, -0.2) is 8.42 Å². The molecule has 2 aromatic carbocycles. The highest BCUT2D eigenvalue weighted by Crippen LogP contribution is 2.29. The zero-order valence-electron chi connectivity index (χ0n) is 16.9. The molecular weight excluding hydrogens is 388 g/mol. The van der Waals surface area contributed by atoms with Gasteiger partial charge in [0.25, 0.3) is 0 Å². The molecule has 1 atom stereocenters. The van der Waals surface area contributed by atoms with E-state index < -0.39 is 10.0 Å². The first-order valence-corrected chi connectivity index (χ1v) is 11.5. The number of hydrogen-bond donors (Lipinski definition) is 1. The number of carbonyl (C=O) groups is 1. The van der Waals surface area contributed by atoms with Gasteiger partial charge in [-0.3, -0.25) is 4.79 Å². The molecule has 1 unspecified atom stereocenters. The van der Waals surface area contributed by atoms with Crippen molar-refractivity contribution >= 4 is 15.9 Å². The lowest BCUT2D eigenvalue weighted by Crippen LogP contribution is -2.42. The Hall–Kier alpha value is -2.38. The van der Waals surface area contributed by atoms with E-state index in [4.69, 9.17) is 4.74 Å². The molecule has 1 N–H and O–H groups in total. The van der Waals surface area contributed by atoms with Crippen molar-refractivity contribution in [3.05, 3.63) is 59.7 Å². The van der Waals surface area contributed by atoms with Crippen LogP contribution in [0.3, 0.4) is 0 Å². The molecule has 0 spiro atoms. The van der Waals surface area contributed by atoms with Crippen LogP contribution in [0.25, 0.3) is 0 Å². The molecule has 0 fully saturated rings. The molecule has 156 valence electrons. The average molecular weight is 417 g/mol. The highest BCUT2D eigenvalue weighted by molar-refractivity contribution is 7.89. The van der Waals surface area contributed by atoms with Crippen molar-refractivity contribution in [2.45, 2.75) is 44.0 Å². The largest absolute Gasteiger partial charge is 0.494 e. The van der Waals surface area contributed by atoms with E-state index in [1.165, 1.54) is 22.0 Å². The van der Waals surface area contributed by atoms with E-state index in [1.54, 1.807) is 19.1 Å². The minimum atomic E-state index is -3.76. The van der Waals surface area contributed by atoms with Crippen LogP contribution in [-0.4, -0.2) is 38.3 Å². The number of amides is 1. The van der Waals surface area contributed by atoms with Crippen LogP contribution >= 0.6 is 0 Å². The molecule has 29 heavy (non-hydrogen) atoms. The second kappa shape index (κ2) is 9.41. The van der Waals surface area contributed by atoms with Crippen LogP contribution in [0.5, 0.6) is 5.75 Å². The van der Waals surface area contributed by atoms with E-state index in [2.05, 4.69) is 11.4 Å². The van der Waals surface area contributed by atoms with Gasteiger partial charge in [-0.05, 0) is 61.6 Å². The summed E-state index contributed by atoms with van der Waals surface area (Å²) in [5.74, 6) is 0.325. The van der Waals surface area contributed by atoms with Crippen LogP contribution in [0, 0.1) is 0 Å². The third-order valence-corrected chi connectivity index (χ3v) is 7.08. The van der Waals surface area contributed by atoms with Crippen molar-refractivity contribution < 1.29 is 17.9 Å². The van der Waals surface area contributed by atoms with Gasteiger partial charge in [0.1, 0.15) is 5.75 Å². The molecule has 7 heteroatoms. The fourth-order valence-electron chi connectivity index (χ4n) is 3.69. The summed E-state index contributed by atoms with van der Waals surface area (Å²) in [5.41, 5.74) is 2.38. The van der Waals surface area contributed by atoms with Crippen molar-refractivity contribution in [1.29, 1.82) is 0 Å². The summed E-state index contributed by atoms with van der Waals surface area (Å²) in [5, 5.41) is 3.02. The number of sulfonamides is 1. The maximum absolute atomic E-state index is 13.0. The number of hydrogen-bond acceptors (Lipinski definition) is 4. The summed E-state index contributed by atoms with van der Waals surface area (Å²) in [6, 6.07) is 14.3. The van der Waals surface area contributed by atoms with Gasteiger partial charge in [0.15, 0.2) is 0 Å². The minimum absolute atomic E-state index is 0.0701. The smallest absolute Gasteiger partial charge is 0.243 e. The van der Waals surface area contributed by atoms with E-state index >= 15 is 0 Å². The highest BCUT2D eigenvalue weighted by atomic mass is 32.2. The molecule has 0 aromatic heterocycles. The van der Waals surface area contributed by atoms with E-state index in [0.717, 1.165) is 24.8 Å². The molecule has 0 radical (unpaired) electrons. The molecule has 0 heterocycles. The molecule has 3 rings (SSSR count). The summed E-state index contributed by atoms with van der Waals surface area (Å²) < 4.78 is 32.5. The van der Waals surface area contributed by atoms with E-state index in [9.17, 15) is 13.2 Å². The van der Waals surface area contributed by atoms with Gasteiger partial charge in [-0.15, -0.1) is 0 Å². The molecule has 0 bridgehead atoms. The molecule has 1 aliphatic rings. The van der Waals surface area contributed by atoms with E-state index in [0.29, 0.717) is 12.4 Å². The fraction of sp³-hybridized carbons (Fsp3) is 0.409. The summed E-state index contributed by atoms with van der Waals surface area (Å²) in [6.45, 7) is 4.12. The summed E-state index contributed by atoms with van der Waals surface area (Å²) in [7, 11) is -3.76. The van der Waals surface area contributed by atoms with Gasteiger partial charge in [0.2, 0.25) is 15.9 Å². The second-order valence-corrected chi connectivity index (χ2v) is 8.98. The highest BCUT2D eigenvalue weighted by Gasteiger charge is 2.27. The van der Waals surface area contributed by atoms with E-state index in [-0.39, 0.29) is 29.9 Å². The number of likely N-dealkylation sites (N-methyl/N-ethyl adjacent to an activating group) is 1. The molecule has 1 aliphatic carbocycles. The van der Waals surface area contributed by atoms with Crippen LogP contribution < -0.4 is 10.1 Å². The zero-order chi connectivity index (χ0) is 20.9. The van der Waals surface area contributed by atoms with Gasteiger partial charge >= 0.3 is 0 Å². The fourth-order valence-corrected chi connectivity index (χ4v) is 5.10. The third-order valence-electron chi connectivity index (χ3n) is 5.15. The Bertz CT molecular complexity index is 942. The number of nitrogens with zero attached hydrogens (tertiary/aromatic N) is 1. The topological polar surface area (TPSA) is 75.7 Å². The van der Waals surface area contributed by atoms with Crippen LogP contribution in [0.15, 0.2) is 53.4 Å². The Balaban J connectivity index is 1.70. The van der Waals surface area contributed by atoms with Gasteiger partial charge < -0.3 is 10.1 Å². The van der Waals surface area contributed by atoms with Crippen molar-refractivity contribution in [3.63, 3.8) is 0 Å². The normalized spacial score (nSPS) is 16.3. The molecule has 0 aliphatic heterocycles. The Morgan fingerprint density at radius 2 is 1.86 bits per heavy atom. The predicted molar refractivity (Wildman–Crippen MR) is 112 cm³/mol. The molecule has 2 aromatic rings. The SMILES string of the molecule is CCOc1ccc(S(=O)(=O)N(CC)CC(=O)NC2CCCc3ccccc32)cc1. The van der Waals surface area contributed by atoms with Crippen LogP contribution in [0.2, 0.25) is 0 Å². The van der Waals surface area contributed by atoms with Gasteiger partial charge in [-0.1, -0.05) is 31.2 Å². The number of aryl methyl sites for hydroxylation is 1. The Morgan fingerprint density at radius 3 is 2.55 bits per heavy atom. The predicted octanol–water partition coefficient (Wildman–Crippen LogP) is 3.29. The Morgan fingerprint density at radius 1 is 1.14 bits per heavy atom. The first-order chi connectivity index (χ1) is 14.0. The molecule has 0 saturated carbocycles. The molecule has 6 nitrogen and oxygen atoms in total. The lowest BCUT2D eigenvalue weighted by molar-refractivity contribution is -0.122. The third kappa shape index (κ3) is 4.97. The van der Waals surface area contributed by atoms with Crippen molar-refractivity contribution in [3.8, 4) is 5.75 Å². The summed E-state index contributed by atoms with van der Waals surface area (Å²) >= 11 is 0. The standard InChI is InChI=1S/C22H28N2O4S/c1-3-24(29(26,27)19-14-12-18(13-15-19)28-4-2)16-22(25)23-21-11-7-9-17-8-5-6-10-20(17)21/h5-6,8,10,12-15,21H,3-4,7,9,11,16H2,1-2H3,(H,23,25). The van der Waals surface area contributed by atoms with Gasteiger partial charge in [-0.2, -0.15) is 4.31 Å². The molecular formula is C22H28N2O4S. The monoisotopic (exact) mass is 416 g/mol. The first kappa shape index (κ1) is 21.3. The number of ether oxygens (including phenoxy) is 1. The van der Waals surface area contributed by atoms with Gasteiger partial charge in [0, 0.05) is 6.54 Å². The zero-order valence-corrected chi connectivity index (χ0v) is 17.7. The lowest BCUT2D eigenvalue weighted by Gasteiger charge is -2.27. The lowest BCUT2D eigenvalue weighted by atomic mass is 9.88. The number of fused-ring (bicyclic) bond motifs is 1. The molecule has 1 amide bonds. The van der Waals surface area contributed by atoms with Crippen molar-refractivity contribution in [2.24, 2.45) is 0 Å². The Kier molecular flexibility index (Phi) is 6.92. The maximum atomic E-state index is 13.0. The minimum Gasteiger partial charge on any atom is -0.494 e. The van der Waals surface area contributed by atoms with E-state index in [1.807, 2.05) is 25.1 Å². The van der Waals surface area contributed by atoms with Crippen molar-refractivity contribution in [1.82, 2.24) is 9.62 Å². The molecule has 0 saturated heterocycles. The summed E-state index contributed by atoms with van der Waals surface area (Å²) in [6.07, 6.45) is 2.88. The first-order valence-electron chi connectivity index (χ1n) is 10.1. The number of rotatable bonds is 8. The summed E-state index contributed by atoms with van der Waals surface area (Å²) in [4.78, 5) is 12.8. The Labute approximate surface area is 172 Å². The quantitative estimate of drug-likeness (QED) is 0.717. The second-order valence-electron chi connectivity index (χ2n) is 7.05. The van der Waals surface area contributed by atoms with Gasteiger partial charge in [0.05, 0.1) is 24.1 Å². The average Bonchev–Trinajstić information content (AvgIpc) is 2.73. The maximum Gasteiger partial charge on any atom is 0.243 e.